The average Bonchev–Trinajstić information content (AvgIpc) is 2.74. The third-order valence-electron chi connectivity index (χ3n) is 3.97. The van der Waals surface area contributed by atoms with Crippen LogP contribution in [0.2, 0.25) is 0 Å². The highest BCUT2D eigenvalue weighted by Gasteiger charge is 2.25. The summed E-state index contributed by atoms with van der Waals surface area (Å²) in [7, 11) is 2.02. The first-order chi connectivity index (χ1) is 9.90. The Morgan fingerprint density at radius 3 is 2.24 bits per heavy atom. The second-order valence-electron chi connectivity index (χ2n) is 6.63. The number of thiophene rings is 1. The van der Waals surface area contributed by atoms with Crippen LogP contribution in [0.5, 0.6) is 5.75 Å². The van der Waals surface area contributed by atoms with E-state index in [2.05, 4.69) is 44.3 Å². The molecule has 1 unspecified atom stereocenters. The number of fused-ring (bicyclic) bond motifs is 3. The van der Waals surface area contributed by atoms with Crippen LogP contribution in [0.25, 0.3) is 20.2 Å². The van der Waals surface area contributed by atoms with Crippen LogP contribution < -0.4 is 5.32 Å². The normalized spacial score (nSPS) is 13.9. The second-order valence-corrected chi connectivity index (χ2v) is 7.71. The first-order valence-electron chi connectivity index (χ1n) is 7.22. The zero-order chi connectivity index (χ0) is 15.2. The van der Waals surface area contributed by atoms with Crippen LogP contribution in [0.1, 0.15) is 32.4 Å². The average molecular weight is 299 g/mol. The predicted octanol–water partition coefficient (Wildman–Crippen LogP) is 5.07. The summed E-state index contributed by atoms with van der Waals surface area (Å²) in [5, 5.41) is 15.6. The topological polar surface area (TPSA) is 32.3 Å². The fraction of sp³-hybridized carbons (Fsp3) is 0.333. The van der Waals surface area contributed by atoms with E-state index in [-0.39, 0.29) is 5.41 Å². The molecular formula is C18H21NOS. The SMILES string of the molecule is CNC(c1ccc2c(c1)sc1cc(O)ccc12)C(C)(C)C. The lowest BCUT2D eigenvalue weighted by Gasteiger charge is -2.30. The van der Waals surface area contributed by atoms with Crippen LogP contribution in [-0.4, -0.2) is 12.2 Å². The lowest BCUT2D eigenvalue weighted by atomic mass is 9.82. The summed E-state index contributed by atoms with van der Waals surface area (Å²) in [5.74, 6) is 0.331. The maximum atomic E-state index is 9.64. The minimum atomic E-state index is 0.164. The molecule has 0 aliphatic rings. The van der Waals surface area contributed by atoms with Crippen LogP contribution in [0.3, 0.4) is 0 Å². The molecule has 0 amide bonds. The fourth-order valence-corrected chi connectivity index (χ4v) is 4.25. The van der Waals surface area contributed by atoms with Gasteiger partial charge in [0.15, 0.2) is 0 Å². The van der Waals surface area contributed by atoms with Gasteiger partial charge >= 0.3 is 0 Å². The van der Waals surface area contributed by atoms with E-state index in [0.29, 0.717) is 11.8 Å². The fourth-order valence-electron chi connectivity index (χ4n) is 3.06. The molecule has 0 radical (unpaired) electrons. The Balaban J connectivity index is 2.18. The van der Waals surface area contributed by atoms with Crippen molar-refractivity contribution in [3.05, 3.63) is 42.0 Å². The van der Waals surface area contributed by atoms with Gasteiger partial charge in [0.05, 0.1) is 0 Å². The maximum absolute atomic E-state index is 9.64. The van der Waals surface area contributed by atoms with Crippen LogP contribution in [0.15, 0.2) is 36.4 Å². The van der Waals surface area contributed by atoms with E-state index >= 15 is 0 Å². The zero-order valence-corrected chi connectivity index (χ0v) is 13.7. The van der Waals surface area contributed by atoms with Gasteiger partial charge in [-0.05, 0) is 42.3 Å². The lowest BCUT2D eigenvalue weighted by Crippen LogP contribution is -2.29. The van der Waals surface area contributed by atoms with Crippen molar-refractivity contribution in [2.45, 2.75) is 26.8 Å². The van der Waals surface area contributed by atoms with E-state index in [9.17, 15) is 5.11 Å². The Labute approximate surface area is 129 Å². The molecule has 3 heteroatoms. The van der Waals surface area contributed by atoms with E-state index in [1.807, 2.05) is 19.2 Å². The van der Waals surface area contributed by atoms with Crippen LogP contribution in [0.4, 0.5) is 0 Å². The molecule has 3 aromatic rings. The molecule has 0 bridgehead atoms. The van der Waals surface area contributed by atoms with Crippen molar-refractivity contribution in [2.24, 2.45) is 5.41 Å². The third kappa shape index (κ3) is 2.52. The Morgan fingerprint density at radius 1 is 1.00 bits per heavy atom. The van der Waals surface area contributed by atoms with E-state index in [4.69, 9.17) is 0 Å². The minimum absolute atomic E-state index is 0.164. The summed E-state index contributed by atoms with van der Waals surface area (Å²) in [4.78, 5) is 0. The highest BCUT2D eigenvalue weighted by atomic mass is 32.1. The van der Waals surface area contributed by atoms with Crippen molar-refractivity contribution >= 4 is 31.5 Å². The monoisotopic (exact) mass is 299 g/mol. The van der Waals surface area contributed by atoms with Crippen molar-refractivity contribution in [3.8, 4) is 5.75 Å². The van der Waals surface area contributed by atoms with Gasteiger partial charge in [-0.25, -0.2) is 0 Å². The molecule has 3 rings (SSSR count). The van der Waals surface area contributed by atoms with Crippen molar-refractivity contribution in [1.82, 2.24) is 5.32 Å². The van der Waals surface area contributed by atoms with E-state index in [1.54, 1.807) is 17.4 Å². The molecular weight excluding hydrogens is 278 g/mol. The second kappa shape index (κ2) is 5.00. The summed E-state index contributed by atoms with van der Waals surface area (Å²) in [6.07, 6.45) is 0. The number of nitrogens with one attached hydrogen (secondary N) is 1. The molecule has 2 N–H and O–H groups in total. The van der Waals surface area contributed by atoms with Crippen molar-refractivity contribution in [2.75, 3.05) is 7.05 Å². The van der Waals surface area contributed by atoms with Crippen molar-refractivity contribution < 1.29 is 5.11 Å². The number of hydrogen-bond acceptors (Lipinski definition) is 3. The summed E-state index contributed by atoms with van der Waals surface area (Å²) in [5.41, 5.74) is 1.48. The highest BCUT2D eigenvalue weighted by Crippen LogP contribution is 2.39. The van der Waals surface area contributed by atoms with Gasteiger partial charge in [-0.2, -0.15) is 0 Å². The van der Waals surface area contributed by atoms with Crippen molar-refractivity contribution in [1.29, 1.82) is 0 Å². The number of rotatable bonds is 2. The Hall–Kier alpha value is -1.58. The van der Waals surface area contributed by atoms with Gasteiger partial charge in [-0.1, -0.05) is 32.9 Å². The Kier molecular flexibility index (Phi) is 3.42. The zero-order valence-electron chi connectivity index (χ0n) is 12.9. The summed E-state index contributed by atoms with van der Waals surface area (Å²) in [6.45, 7) is 6.75. The molecule has 1 heterocycles. The van der Waals surface area contributed by atoms with Gasteiger partial charge in [-0.15, -0.1) is 11.3 Å². The standard InChI is InChI=1S/C18H21NOS/c1-18(2,3)17(19-4)11-5-7-13-14-8-6-12(20)10-16(14)21-15(13)9-11/h5-10,17,19-20H,1-4H3. The van der Waals surface area contributed by atoms with Gasteiger partial charge < -0.3 is 10.4 Å². The first-order valence-corrected chi connectivity index (χ1v) is 8.04. The molecule has 0 fully saturated rings. The molecule has 110 valence electrons. The number of phenolic OH excluding ortho intramolecular Hbond substituents is 1. The molecule has 1 aromatic heterocycles. The molecule has 0 aliphatic heterocycles. The molecule has 2 aromatic carbocycles. The lowest BCUT2D eigenvalue weighted by molar-refractivity contribution is 0.287. The minimum Gasteiger partial charge on any atom is -0.508 e. The molecule has 0 saturated heterocycles. The van der Waals surface area contributed by atoms with Gasteiger partial charge in [-0.3, -0.25) is 0 Å². The molecule has 21 heavy (non-hydrogen) atoms. The number of benzene rings is 2. The molecule has 0 spiro atoms. The summed E-state index contributed by atoms with van der Waals surface area (Å²) >= 11 is 1.74. The summed E-state index contributed by atoms with van der Waals surface area (Å²) in [6, 6.07) is 12.6. The Bertz CT molecular complexity index is 798. The van der Waals surface area contributed by atoms with Crippen LogP contribution >= 0.6 is 11.3 Å². The van der Waals surface area contributed by atoms with Gasteiger partial charge in [0, 0.05) is 26.2 Å². The van der Waals surface area contributed by atoms with Gasteiger partial charge in [0.25, 0.3) is 0 Å². The largest absolute Gasteiger partial charge is 0.508 e. The van der Waals surface area contributed by atoms with Crippen LogP contribution in [0, 0.1) is 5.41 Å². The molecule has 1 atom stereocenters. The van der Waals surface area contributed by atoms with E-state index < -0.39 is 0 Å². The summed E-state index contributed by atoms with van der Waals surface area (Å²) < 4.78 is 2.41. The predicted molar refractivity (Wildman–Crippen MR) is 92.3 cm³/mol. The van der Waals surface area contributed by atoms with E-state index in [0.717, 1.165) is 4.70 Å². The Morgan fingerprint density at radius 2 is 1.62 bits per heavy atom. The quantitative estimate of drug-likeness (QED) is 0.692. The van der Waals surface area contributed by atoms with Crippen LogP contribution in [-0.2, 0) is 0 Å². The molecule has 0 saturated carbocycles. The number of hydrogen-bond donors (Lipinski definition) is 2. The van der Waals surface area contributed by atoms with Gasteiger partial charge in [0.2, 0.25) is 0 Å². The molecule has 0 aliphatic carbocycles. The van der Waals surface area contributed by atoms with Gasteiger partial charge in [0.1, 0.15) is 5.75 Å². The molecule has 2 nitrogen and oxygen atoms in total. The smallest absolute Gasteiger partial charge is 0.117 e. The van der Waals surface area contributed by atoms with Crippen molar-refractivity contribution in [3.63, 3.8) is 0 Å². The van der Waals surface area contributed by atoms with E-state index in [1.165, 1.54) is 21.0 Å². The number of aromatic hydroxyl groups is 1. The highest BCUT2D eigenvalue weighted by molar-refractivity contribution is 7.25. The third-order valence-corrected chi connectivity index (χ3v) is 5.08. The first kappa shape index (κ1) is 14.4. The number of phenols is 1. The maximum Gasteiger partial charge on any atom is 0.117 e.